The SMILES string of the molecule is CC1(O)CCN(C(=O)c2ccc(N)c(O)c2)CC1. The molecule has 0 aromatic heterocycles. The van der Waals surface area contributed by atoms with E-state index in [1.165, 1.54) is 12.1 Å². The lowest BCUT2D eigenvalue weighted by Crippen LogP contribution is -2.45. The Bertz CT molecular complexity index is 461. The van der Waals surface area contributed by atoms with Crippen molar-refractivity contribution in [1.82, 2.24) is 4.90 Å². The predicted molar refractivity (Wildman–Crippen MR) is 68.3 cm³/mol. The maximum atomic E-state index is 12.2. The molecule has 1 amide bonds. The Labute approximate surface area is 106 Å². The summed E-state index contributed by atoms with van der Waals surface area (Å²) in [7, 11) is 0. The molecule has 0 radical (unpaired) electrons. The number of amides is 1. The summed E-state index contributed by atoms with van der Waals surface area (Å²) < 4.78 is 0. The van der Waals surface area contributed by atoms with E-state index in [1.54, 1.807) is 17.9 Å². The van der Waals surface area contributed by atoms with Gasteiger partial charge in [-0.1, -0.05) is 0 Å². The van der Waals surface area contributed by atoms with E-state index >= 15 is 0 Å². The molecule has 98 valence electrons. The average Bonchev–Trinajstić information content (AvgIpc) is 2.32. The third-order valence-electron chi connectivity index (χ3n) is 3.41. The number of likely N-dealkylation sites (tertiary alicyclic amines) is 1. The molecule has 18 heavy (non-hydrogen) atoms. The second-order valence-electron chi connectivity index (χ2n) is 5.06. The number of nitrogens with zero attached hydrogens (tertiary/aromatic N) is 1. The van der Waals surface area contributed by atoms with E-state index in [-0.39, 0.29) is 17.3 Å². The summed E-state index contributed by atoms with van der Waals surface area (Å²) in [6.45, 7) is 2.83. The van der Waals surface area contributed by atoms with Crippen LogP contribution in [0, 0.1) is 0 Å². The van der Waals surface area contributed by atoms with Crippen molar-refractivity contribution in [1.29, 1.82) is 0 Å². The number of carbonyl (C=O) groups excluding carboxylic acids is 1. The first-order chi connectivity index (χ1) is 8.39. The number of aliphatic hydroxyl groups is 1. The zero-order valence-corrected chi connectivity index (χ0v) is 10.4. The number of nitrogen functional groups attached to an aromatic ring is 1. The molecule has 0 spiro atoms. The highest BCUT2D eigenvalue weighted by molar-refractivity contribution is 5.95. The van der Waals surface area contributed by atoms with Crippen molar-refractivity contribution in [2.45, 2.75) is 25.4 Å². The van der Waals surface area contributed by atoms with Crippen LogP contribution in [0.5, 0.6) is 5.75 Å². The van der Waals surface area contributed by atoms with Crippen LogP contribution < -0.4 is 5.73 Å². The standard InChI is InChI=1S/C13H18N2O3/c1-13(18)4-6-15(7-5-13)12(17)9-2-3-10(14)11(16)8-9/h2-3,8,16,18H,4-7,14H2,1H3. The van der Waals surface area contributed by atoms with E-state index in [2.05, 4.69) is 0 Å². The molecule has 1 fully saturated rings. The fourth-order valence-corrected chi connectivity index (χ4v) is 2.05. The average molecular weight is 250 g/mol. The molecule has 5 nitrogen and oxygen atoms in total. The number of piperidine rings is 1. The highest BCUT2D eigenvalue weighted by Gasteiger charge is 2.30. The normalized spacial score (nSPS) is 18.7. The number of hydrogen-bond acceptors (Lipinski definition) is 4. The summed E-state index contributed by atoms with van der Waals surface area (Å²) in [5.41, 5.74) is 5.49. The number of hydrogen-bond donors (Lipinski definition) is 3. The van der Waals surface area contributed by atoms with Gasteiger partial charge >= 0.3 is 0 Å². The Balaban J connectivity index is 2.10. The van der Waals surface area contributed by atoms with Crippen molar-refractivity contribution in [3.05, 3.63) is 23.8 Å². The molecule has 2 rings (SSSR count). The molecule has 1 aliphatic heterocycles. The minimum atomic E-state index is -0.681. The summed E-state index contributed by atoms with van der Waals surface area (Å²) in [5, 5.41) is 19.3. The van der Waals surface area contributed by atoms with Crippen molar-refractivity contribution in [3.63, 3.8) is 0 Å². The Kier molecular flexibility index (Phi) is 3.17. The lowest BCUT2D eigenvalue weighted by Gasteiger charge is -2.35. The van der Waals surface area contributed by atoms with E-state index in [4.69, 9.17) is 5.73 Å². The van der Waals surface area contributed by atoms with Gasteiger partial charge in [0.15, 0.2) is 0 Å². The van der Waals surface area contributed by atoms with Crippen molar-refractivity contribution >= 4 is 11.6 Å². The van der Waals surface area contributed by atoms with E-state index < -0.39 is 5.60 Å². The number of rotatable bonds is 1. The smallest absolute Gasteiger partial charge is 0.253 e. The van der Waals surface area contributed by atoms with Crippen LogP contribution in [0.3, 0.4) is 0 Å². The molecule has 1 heterocycles. The van der Waals surface area contributed by atoms with Crippen molar-refractivity contribution in [3.8, 4) is 5.75 Å². The second kappa shape index (κ2) is 4.49. The van der Waals surface area contributed by atoms with Crippen LogP contribution >= 0.6 is 0 Å². The van der Waals surface area contributed by atoms with Gasteiger partial charge in [-0.25, -0.2) is 0 Å². The zero-order chi connectivity index (χ0) is 13.3. The molecular weight excluding hydrogens is 232 g/mol. The molecule has 1 aromatic carbocycles. The van der Waals surface area contributed by atoms with Gasteiger partial charge in [0.2, 0.25) is 0 Å². The van der Waals surface area contributed by atoms with Gasteiger partial charge in [0, 0.05) is 18.7 Å². The molecule has 1 aliphatic rings. The van der Waals surface area contributed by atoms with Crippen molar-refractivity contribution in [2.75, 3.05) is 18.8 Å². The minimum absolute atomic E-state index is 0.0788. The summed E-state index contributed by atoms with van der Waals surface area (Å²) in [6, 6.07) is 4.50. The van der Waals surface area contributed by atoms with Gasteiger partial charge in [-0.15, -0.1) is 0 Å². The summed E-state index contributed by atoms with van der Waals surface area (Å²) in [6.07, 6.45) is 1.14. The van der Waals surface area contributed by atoms with Crippen molar-refractivity contribution < 1.29 is 15.0 Å². The second-order valence-corrected chi connectivity index (χ2v) is 5.06. The first kappa shape index (κ1) is 12.7. The molecule has 0 aliphatic carbocycles. The highest BCUT2D eigenvalue weighted by Crippen LogP contribution is 2.25. The molecule has 4 N–H and O–H groups in total. The van der Waals surface area contributed by atoms with E-state index in [9.17, 15) is 15.0 Å². The van der Waals surface area contributed by atoms with Crippen LogP contribution in [0.25, 0.3) is 0 Å². The maximum absolute atomic E-state index is 12.2. The van der Waals surface area contributed by atoms with E-state index in [0.717, 1.165) is 0 Å². The van der Waals surface area contributed by atoms with E-state index in [0.29, 0.717) is 31.5 Å². The van der Waals surface area contributed by atoms with Gasteiger partial charge in [-0.2, -0.15) is 0 Å². The van der Waals surface area contributed by atoms with E-state index in [1.807, 2.05) is 0 Å². The summed E-state index contributed by atoms with van der Waals surface area (Å²) in [4.78, 5) is 13.9. The van der Waals surface area contributed by atoms with Crippen LogP contribution in [0.1, 0.15) is 30.1 Å². The number of carbonyl (C=O) groups is 1. The number of benzene rings is 1. The predicted octanol–water partition coefficient (Wildman–Crippen LogP) is 0.961. The van der Waals surface area contributed by atoms with Gasteiger partial charge in [0.25, 0.3) is 5.91 Å². The van der Waals surface area contributed by atoms with Crippen LogP contribution in [0.2, 0.25) is 0 Å². The molecule has 5 heteroatoms. The molecule has 0 saturated carbocycles. The van der Waals surface area contributed by atoms with Crippen LogP contribution in [0.4, 0.5) is 5.69 Å². The molecule has 1 saturated heterocycles. The molecule has 0 bridgehead atoms. The Morgan fingerprint density at radius 1 is 1.39 bits per heavy atom. The fourth-order valence-electron chi connectivity index (χ4n) is 2.05. The quantitative estimate of drug-likeness (QED) is 0.512. The lowest BCUT2D eigenvalue weighted by atomic mass is 9.93. The van der Waals surface area contributed by atoms with Gasteiger partial charge in [-0.05, 0) is 38.0 Å². The maximum Gasteiger partial charge on any atom is 0.253 e. The summed E-state index contributed by atoms with van der Waals surface area (Å²) in [5.74, 6) is -0.217. The lowest BCUT2D eigenvalue weighted by molar-refractivity contribution is -0.00203. The Morgan fingerprint density at radius 2 is 2.00 bits per heavy atom. The first-order valence-electron chi connectivity index (χ1n) is 5.99. The molecule has 0 unspecified atom stereocenters. The Morgan fingerprint density at radius 3 is 2.56 bits per heavy atom. The monoisotopic (exact) mass is 250 g/mol. The van der Waals surface area contributed by atoms with Gasteiger partial charge in [-0.3, -0.25) is 4.79 Å². The fraction of sp³-hybridized carbons (Fsp3) is 0.462. The third-order valence-corrected chi connectivity index (χ3v) is 3.41. The largest absolute Gasteiger partial charge is 0.506 e. The van der Waals surface area contributed by atoms with Crippen molar-refractivity contribution in [2.24, 2.45) is 0 Å². The topological polar surface area (TPSA) is 86.8 Å². The summed E-state index contributed by atoms with van der Waals surface area (Å²) >= 11 is 0. The first-order valence-corrected chi connectivity index (χ1v) is 5.99. The third kappa shape index (κ3) is 2.56. The highest BCUT2D eigenvalue weighted by atomic mass is 16.3. The zero-order valence-electron chi connectivity index (χ0n) is 10.4. The molecule has 1 aromatic rings. The van der Waals surface area contributed by atoms with Crippen LogP contribution in [-0.4, -0.2) is 39.7 Å². The number of anilines is 1. The number of aromatic hydroxyl groups is 1. The number of phenols is 1. The number of nitrogens with two attached hydrogens (primary N) is 1. The number of phenolic OH excluding ortho intramolecular Hbond substituents is 1. The van der Waals surface area contributed by atoms with Gasteiger partial charge < -0.3 is 20.8 Å². The minimum Gasteiger partial charge on any atom is -0.506 e. The Hall–Kier alpha value is -1.75. The van der Waals surface area contributed by atoms with Gasteiger partial charge in [0.05, 0.1) is 11.3 Å². The van der Waals surface area contributed by atoms with Gasteiger partial charge in [0.1, 0.15) is 5.75 Å². The molecular formula is C13H18N2O3. The molecule has 0 atom stereocenters. The van der Waals surface area contributed by atoms with Crippen LogP contribution in [0.15, 0.2) is 18.2 Å². The van der Waals surface area contributed by atoms with Crippen LogP contribution in [-0.2, 0) is 0 Å².